The Morgan fingerprint density at radius 1 is 0.636 bits per heavy atom. The molecule has 1 N–H and O–H groups in total. The molecule has 1 aliphatic rings. The molecule has 0 bridgehead atoms. The van der Waals surface area contributed by atoms with Crippen LogP contribution in [0.1, 0.15) is 154 Å². The summed E-state index contributed by atoms with van der Waals surface area (Å²) in [5.41, 5.74) is 2.42. The van der Waals surface area contributed by atoms with Crippen molar-refractivity contribution in [3.63, 3.8) is 0 Å². The van der Waals surface area contributed by atoms with E-state index in [1.165, 1.54) is 134 Å². The van der Waals surface area contributed by atoms with Crippen molar-refractivity contribution in [1.82, 2.24) is 0 Å². The van der Waals surface area contributed by atoms with E-state index in [1.807, 2.05) is 24.3 Å². The van der Waals surface area contributed by atoms with E-state index >= 15 is 0 Å². The maximum atomic E-state index is 11.9. The largest absolute Gasteiger partial charge is 1.00 e. The summed E-state index contributed by atoms with van der Waals surface area (Å²) in [5, 5.41) is 3.39. The van der Waals surface area contributed by atoms with Gasteiger partial charge in [0.15, 0.2) is 0 Å². The first-order valence-corrected chi connectivity index (χ1v) is 19.1. The minimum atomic E-state index is -4.54. The molecule has 0 saturated carbocycles. The van der Waals surface area contributed by atoms with E-state index in [0.29, 0.717) is 12.2 Å². The Labute approximate surface area is 292 Å². The minimum absolute atomic E-state index is 0. The Hall–Kier alpha value is -1.05. The fourth-order valence-electron chi connectivity index (χ4n) is 6.50. The Kier molecular flexibility index (Phi) is 20.7. The zero-order chi connectivity index (χ0) is 30.6. The molecule has 3 rings (SSSR count). The van der Waals surface area contributed by atoms with Crippen LogP contribution in [0.3, 0.4) is 0 Å². The van der Waals surface area contributed by atoms with Gasteiger partial charge in [-0.25, -0.2) is 8.42 Å². The normalized spacial score (nSPS) is 14.3. The first-order chi connectivity index (χ1) is 21.0. The van der Waals surface area contributed by atoms with Crippen LogP contribution in [0.2, 0.25) is 0 Å². The van der Waals surface area contributed by atoms with E-state index in [-0.39, 0.29) is 40.6 Å². The summed E-state index contributed by atoms with van der Waals surface area (Å²) in [6.07, 6.45) is 29.7. The van der Waals surface area contributed by atoms with Gasteiger partial charge in [0.1, 0.15) is 10.1 Å². The zero-order valence-electron chi connectivity index (χ0n) is 28.0. The average molecular weight is 635 g/mol. The van der Waals surface area contributed by atoms with Crippen molar-refractivity contribution in [1.29, 1.82) is 0 Å². The SMILES string of the molecule is CCCCCCCCCCCCCCCCCCCCCCCC1Nc2c(cccc2S(=O)(=O)[O-])N1Cc1ccccc1.[Na+]. The van der Waals surface area contributed by atoms with Crippen LogP contribution in [0.15, 0.2) is 53.4 Å². The summed E-state index contributed by atoms with van der Waals surface area (Å²) >= 11 is 0. The molecule has 2 aromatic rings. The summed E-state index contributed by atoms with van der Waals surface area (Å²) in [6, 6.07) is 15.2. The first-order valence-electron chi connectivity index (χ1n) is 17.7. The molecule has 0 aliphatic carbocycles. The monoisotopic (exact) mass is 634 g/mol. The van der Waals surface area contributed by atoms with Gasteiger partial charge in [-0.2, -0.15) is 0 Å². The number of para-hydroxylation sites is 1. The van der Waals surface area contributed by atoms with Gasteiger partial charge in [0.25, 0.3) is 0 Å². The van der Waals surface area contributed by atoms with Gasteiger partial charge >= 0.3 is 29.6 Å². The van der Waals surface area contributed by atoms with E-state index in [4.69, 9.17) is 0 Å². The number of nitrogens with zero attached hydrogens (tertiary/aromatic N) is 1. The van der Waals surface area contributed by atoms with Crippen molar-refractivity contribution in [2.45, 2.75) is 166 Å². The van der Waals surface area contributed by atoms with Gasteiger partial charge in [0.05, 0.1) is 22.4 Å². The van der Waals surface area contributed by atoms with E-state index in [1.54, 1.807) is 6.07 Å². The van der Waals surface area contributed by atoms with Crippen molar-refractivity contribution >= 4 is 21.5 Å². The topological polar surface area (TPSA) is 72.5 Å². The Morgan fingerprint density at radius 2 is 1.09 bits per heavy atom. The van der Waals surface area contributed by atoms with E-state index in [9.17, 15) is 13.0 Å². The molecule has 0 saturated heterocycles. The van der Waals surface area contributed by atoms with Crippen LogP contribution in [-0.2, 0) is 16.7 Å². The average Bonchev–Trinajstić information content (AvgIpc) is 3.34. The standard InChI is InChI=1S/C37H60N2O3S.Na/c1-2-3-4-5-6-7-8-9-10-11-12-13-14-15-16-17-18-19-20-21-25-31-36-38-37-34(29-26-30-35(37)43(40,41)42)39(36)32-33-27-23-22-24-28-33;/h22-24,26-30,36,38H,2-21,25,31-32H2,1H3,(H,40,41,42);/q;+1/p-1. The molecule has 0 aromatic heterocycles. The first kappa shape index (κ1) is 39.1. The molecular weight excluding hydrogens is 575 g/mol. The fraction of sp³-hybridized carbons (Fsp3) is 0.676. The molecule has 0 spiro atoms. The summed E-state index contributed by atoms with van der Waals surface area (Å²) < 4.78 is 35.7. The van der Waals surface area contributed by atoms with Crippen LogP contribution in [0, 0.1) is 0 Å². The molecule has 1 heterocycles. The van der Waals surface area contributed by atoms with Gasteiger partial charge in [-0.05, 0) is 30.5 Å². The van der Waals surface area contributed by atoms with Gasteiger partial charge in [-0.15, -0.1) is 0 Å². The van der Waals surface area contributed by atoms with Gasteiger partial charge < -0.3 is 14.8 Å². The van der Waals surface area contributed by atoms with Crippen molar-refractivity contribution in [3.8, 4) is 0 Å². The second kappa shape index (κ2) is 23.3. The summed E-state index contributed by atoms with van der Waals surface area (Å²) in [5.74, 6) is 0. The maximum Gasteiger partial charge on any atom is 1.00 e. The van der Waals surface area contributed by atoms with E-state index in [0.717, 1.165) is 24.1 Å². The van der Waals surface area contributed by atoms with Crippen molar-refractivity contribution in [3.05, 3.63) is 54.1 Å². The summed E-state index contributed by atoms with van der Waals surface area (Å²) in [6.45, 7) is 2.96. The second-order valence-corrected chi connectivity index (χ2v) is 14.1. The van der Waals surface area contributed by atoms with Crippen molar-refractivity contribution < 1.29 is 42.5 Å². The molecule has 2 aromatic carbocycles. The molecule has 44 heavy (non-hydrogen) atoms. The van der Waals surface area contributed by atoms with Crippen molar-refractivity contribution in [2.24, 2.45) is 0 Å². The van der Waals surface area contributed by atoms with Crippen LogP contribution in [0.5, 0.6) is 0 Å². The van der Waals surface area contributed by atoms with Gasteiger partial charge in [0, 0.05) is 6.54 Å². The number of unbranched alkanes of at least 4 members (excludes halogenated alkanes) is 20. The molecule has 0 amide bonds. The molecule has 7 heteroatoms. The van der Waals surface area contributed by atoms with Gasteiger partial charge in [-0.3, -0.25) is 0 Å². The summed E-state index contributed by atoms with van der Waals surface area (Å²) in [4.78, 5) is 2.07. The van der Waals surface area contributed by atoms with Gasteiger partial charge in [0.2, 0.25) is 0 Å². The van der Waals surface area contributed by atoms with Crippen LogP contribution >= 0.6 is 0 Å². The van der Waals surface area contributed by atoms with Crippen molar-refractivity contribution in [2.75, 3.05) is 10.2 Å². The zero-order valence-corrected chi connectivity index (χ0v) is 30.9. The number of fused-ring (bicyclic) bond motifs is 1. The second-order valence-electron chi connectivity index (χ2n) is 12.7. The minimum Gasteiger partial charge on any atom is -0.744 e. The molecule has 1 atom stereocenters. The molecule has 0 fully saturated rings. The van der Waals surface area contributed by atoms with Crippen LogP contribution < -0.4 is 39.8 Å². The van der Waals surface area contributed by atoms with Crippen LogP contribution in [0.25, 0.3) is 0 Å². The summed E-state index contributed by atoms with van der Waals surface area (Å²) in [7, 11) is -4.54. The molecule has 5 nitrogen and oxygen atoms in total. The predicted octanol–water partition coefficient (Wildman–Crippen LogP) is 7.96. The number of nitrogens with one attached hydrogen (secondary N) is 1. The number of rotatable bonds is 25. The third-order valence-corrected chi connectivity index (χ3v) is 9.93. The third kappa shape index (κ3) is 15.0. The number of hydrogen-bond acceptors (Lipinski definition) is 5. The van der Waals surface area contributed by atoms with Gasteiger partial charge in [-0.1, -0.05) is 172 Å². The maximum absolute atomic E-state index is 11.9. The quantitative estimate of drug-likeness (QED) is 0.0682. The Bertz CT molecular complexity index is 1110. The van der Waals surface area contributed by atoms with Crippen LogP contribution in [0.4, 0.5) is 11.4 Å². The molecule has 0 radical (unpaired) electrons. The van der Waals surface area contributed by atoms with Crippen LogP contribution in [-0.4, -0.2) is 19.1 Å². The van der Waals surface area contributed by atoms with E-state index < -0.39 is 10.1 Å². The number of benzene rings is 2. The molecular formula is C37H59N2NaO3S. The Morgan fingerprint density at radius 3 is 1.55 bits per heavy atom. The predicted molar refractivity (Wildman–Crippen MR) is 182 cm³/mol. The molecule has 1 unspecified atom stereocenters. The number of anilines is 2. The fourth-order valence-corrected chi connectivity index (χ4v) is 7.16. The molecule has 242 valence electrons. The Balaban J connectivity index is 0.00000675. The molecule has 1 aliphatic heterocycles. The van der Waals surface area contributed by atoms with E-state index in [2.05, 4.69) is 29.3 Å². The smallest absolute Gasteiger partial charge is 0.744 e. The third-order valence-electron chi connectivity index (χ3n) is 9.05. The number of hydrogen-bond donors (Lipinski definition) is 1.